The standard InChI is InChI=1S/C19H16ClFN4O/c1-2-6-25-9-14-15(19(25)26)16(22)12-5-3-4-11(17(12)24-14)13-7-10(21)8-23-18(13)20/h3-5,7-9,26H,2,6,22H2,1H3. The van der Waals surface area contributed by atoms with Crippen molar-refractivity contribution in [1.82, 2.24) is 14.5 Å². The second-order valence-electron chi connectivity index (χ2n) is 6.13. The van der Waals surface area contributed by atoms with Crippen molar-refractivity contribution >= 4 is 39.1 Å². The van der Waals surface area contributed by atoms with Crippen LogP contribution in [0.15, 0.2) is 36.7 Å². The van der Waals surface area contributed by atoms with Crippen molar-refractivity contribution in [3.63, 3.8) is 0 Å². The van der Waals surface area contributed by atoms with E-state index in [-0.39, 0.29) is 11.0 Å². The van der Waals surface area contributed by atoms with E-state index in [0.29, 0.717) is 45.2 Å². The van der Waals surface area contributed by atoms with E-state index in [0.717, 1.165) is 12.6 Å². The van der Waals surface area contributed by atoms with E-state index in [2.05, 4.69) is 9.97 Å². The van der Waals surface area contributed by atoms with Crippen LogP contribution in [0.1, 0.15) is 13.3 Å². The van der Waals surface area contributed by atoms with Crippen molar-refractivity contribution in [2.24, 2.45) is 0 Å². The molecule has 0 saturated heterocycles. The topological polar surface area (TPSA) is 77.0 Å². The summed E-state index contributed by atoms with van der Waals surface area (Å²) in [5.74, 6) is -0.383. The molecule has 0 aliphatic carbocycles. The SMILES string of the molecule is CCCn1cc2nc3c(-c4cc(F)cnc4Cl)cccc3c(N)c2c1O. The second kappa shape index (κ2) is 6.14. The molecule has 4 rings (SSSR count). The molecule has 26 heavy (non-hydrogen) atoms. The van der Waals surface area contributed by atoms with Crippen LogP contribution in [0, 0.1) is 5.82 Å². The number of benzene rings is 1. The van der Waals surface area contributed by atoms with Gasteiger partial charge in [-0.1, -0.05) is 36.7 Å². The summed E-state index contributed by atoms with van der Waals surface area (Å²) in [6.07, 6.45) is 3.70. The van der Waals surface area contributed by atoms with Crippen LogP contribution in [0.5, 0.6) is 5.88 Å². The summed E-state index contributed by atoms with van der Waals surface area (Å²) in [4.78, 5) is 8.56. The van der Waals surface area contributed by atoms with Gasteiger partial charge < -0.3 is 15.4 Å². The predicted octanol–water partition coefficient (Wildman–Crippen LogP) is 4.74. The zero-order valence-corrected chi connectivity index (χ0v) is 14.8. The van der Waals surface area contributed by atoms with Crippen LogP contribution >= 0.6 is 11.6 Å². The first kappa shape index (κ1) is 16.6. The third-order valence-corrected chi connectivity index (χ3v) is 4.72. The molecule has 3 heterocycles. The lowest BCUT2D eigenvalue weighted by Gasteiger charge is -2.10. The maximum Gasteiger partial charge on any atom is 0.202 e. The minimum absolute atomic E-state index is 0.101. The number of anilines is 1. The van der Waals surface area contributed by atoms with E-state index >= 15 is 0 Å². The first-order chi connectivity index (χ1) is 12.5. The van der Waals surface area contributed by atoms with E-state index in [9.17, 15) is 9.50 Å². The van der Waals surface area contributed by atoms with Crippen molar-refractivity contribution in [3.8, 4) is 17.0 Å². The molecule has 0 spiro atoms. The van der Waals surface area contributed by atoms with Gasteiger partial charge in [0.25, 0.3) is 0 Å². The van der Waals surface area contributed by atoms with Crippen LogP contribution in [-0.2, 0) is 6.54 Å². The van der Waals surface area contributed by atoms with Gasteiger partial charge >= 0.3 is 0 Å². The molecule has 0 saturated carbocycles. The Kier molecular flexibility index (Phi) is 3.92. The number of nitrogens with two attached hydrogens (primary N) is 1. The number of pyridine rings is 2. The number of aromatic hydroxyl groups is 1. The van der Waals surface area contributed by atoms with E-state index in [1.165, 1.54) is 6.07 Å². The monoisotopic (exact) mass is 370 g/mol. The number of para-hydroxylation sites is 1. The number of hydrogen-bond acceptors (Lipinski definition) is 4. The lowest BCUT2D eigenvalue weighted by atomic mass is 10.0. The number of halogens is 2. The number of aryl methyl sites for hydroxylation is 1. The van der Waals surface area contributed by atoms with Gasteiger partial charge in [-0.3, -0.25) is 0 Å². The Labute approximate surface area is 153 Å². The summed E-state index contributed by atoms with van der Waals surface area (Å²) in [5, 5.41) is 11.9. The first-order valence-electron chi connectivity index (χ1n) is 8.22. The van der Waals surface area contributed by atoms with Crippen LogP contribution < -0.4 is 5.73 Å². The van der Waals surface area contributed by atoms with E-state index < -0.39 is 5.82 Å². The quantitative estimate of drug-likeness (QED) is 0.510. The summed E-state index contributed by atoms with van der Waals surface area (Å²) < 4.78 is 15.4. The van der Waals surface area contributed by atoms with Gasteiger partial charge in [0, 0.05) is 29.3 Å². The highest BCUT2D eigenvalue weighted by atomic mass is 35.5. The highest BCUT2D eigenvalue weighted by Gasteiger charge is 2.18. The molecule has 3 N–H and O–H groups in total. The Balaban J connectivity index is 2.08. The molecule has 0 amide bonds. The molecule has 0 unspecified atom stereocenters. The molecule has 0 atom stereocenters. The van der Waals surface area contributed by atoms with Gasteiger partial charge in [-0.2, -0.15) is 0 Å². The third kappa shape index (κ3) is 2.45. The fourth-order valence-electron chi connectivity index (χ4n) is 3.25. The van der Waals surface area contributed by atoms with Gasteiger partial charge in [0.2, 0.25) is 5.88 Å². The average Bonchev–Trinajstić information content (AvgIpc) is 2.93. The normalized spacial score (nSPS) is 11.5. The van der Waals surface area contributed by atoms with Crippen LogP contribution in [0.25, 0.3) is 32.9 Å². The summed E-state index contributed by atoms with van der Waals surface area (Å²) in [6, 6.07) is 6.73. The fraction of sp³-hybridized carbons (Fsp3) is 0.158. The smallest absolute Gasteiger partial charge is 0.202 e. The first-order valence-corrected chi connectivity index (χ1v) is 8.60. The molecule has 0 fully saturated rings. The zero-order valence-electron chi connectivity index (χ0n) is 14.0. The van der Waals surface area contributed by atoms with Gasteiger partial charge in [0.15, 0.2) is 0 Å². The largest absolute Gasteiger partial charge is 0.494 e. The molecule has 0 radical (unpaired) electrons. The van der Waals surface area contributed by atoms with E-state index in [4.69, 9.17) is 17.3 Å². The number of hydrogen-bond donors (Lipinski definition) is 2. The van der Waals surface area contributed by atoms with Crippen LogP contribution in [0.2, 0.25) is 5.15 Å². The van der Waals surface area contributed by atoms with Crippen molar-refractivity contribution in [3.05, 3.63) is 47.6 Å². The fourth-order valence-corrected chi connectivity index (χ4v) is 3.46. The Hall–Kier alpha value is -2.86. The summed E-state index contributed by atoms with van der Waals surface area (Å²) in [5.41, 5.74) is 9.02. The molecule has 0 aliphatic rings. The van der Waals surface area contributed by atoms with Crippen molar-refractivity contribution < 1.29 is 9.50 Å². The molecule has 1 aromatic carbocycles. The van der Waals surface area contributed by atoms with E-state index in [1.54, 1.807) is 22.9 Å². The minimum Gasteiger partial charge on any atom is -0.494 e. The summed E-state index contributed by atoms with van der Waals surface area (Å²) >= 11 is 6.18. The average molecular weight is 371 g/mol. The number of aromatic nitrogens is 3. The van der Waals surface area contributed by atoms with Crippen molar-refractivity contribution in [1.29, 1.82) is 0 Å². The molecular formula is C19H16ClFN4O. The van der Waals surface area contributed by atoms with Crippen LogP contribution in [-0.4, -0.2) is 19.6 Å². The second-order valence-corrected chi connectivity index (χ2v) is 6.48. The van der Waals surface area contributed by atoms with Crippen molar-refractivity contribution in [2.45, 2.75) is 19.9 Å². The molecule has 4 aromatic rings. The maximum atomic E-state index is 13.7. The van der Waals surface area contributed by atoms with E-state index in [1.807, 2.05) is 13.0 Å². The van der Waals surface area contributed by atoms with Gasteiger partial charge in [0.05, 0.1) is 28.3 Å². The number of fused-ring (bicyclic) bond motifs is 2. The number of nitrogens with zero attached hydrogens (tertiary/aromatic N) is 3. The Morgan fingerprint density at radius 3 is 2.88 bits per heavy atom. The lowest BCUT2D eigenvalue weighted by Crippen LogP contribution is -1.94. The molecular weight excluding hydrogens is 355 g/mol. The summed E-state index contributed by atoms with van der Waals surface area (Å²) in [6.45, 7) is 2.68. The van der Waals surface area contributed by atoms with Gasteiger partial charge in [-0.15, -0.1) is 0 Å². The Bertz CT molecular complexity index is 1160. The third-order valence-electron chi connectivity index (χ3n) is 4.42. The summed E-state index contributed by atoms with van der Waals surface area (Å²) in [7, 11) is 0. The van der Waals surface area contributed by atoms with Crippen LogP contribution in [0.4, 0.5) is 10.1 Å². The lowest BCUT2D eigenvalue weighted by molar-refractivity contribution is 0.421. The molecule has 0 bridgehead atoms. The molecule has 0 aliphatic heterocycles. The maximum absolute atomic E-state index is 13.7. The Morgan fingerprint density at radius 2 is 2.12 bits per heavy atom. The number of nitrogen functional groups attached to an aromatic ring is 1. The predicted molar refractivity (Wildman–Crippen MR) is 102 cm³/mol. The van der Waals surface area contributed by atoms with Crippen molar-refractivity contribution in [2.75, 3.05) is 5.73 Å². The molecule has 3 aromatic heterocycles. The molecule has 132 valence electrons. The molecule has 7 heteroatoms. The van der Waals surface area contributed by atoms with Gasteiger partial charge in [0.1, 0.15) is 11.0 Å². The van der Waals surface area contributed by atoms with Gasteiger partial charge in [-0.25, -0.2) is 14.4 Å². The highest BCUT2D eigenvalue weighted by molar-refractivity contribution is 6.32. The number of rotatable bonds is 3. The highest BCUT2D eigenvalue weighted by Crippen LogP contribution is 2.39. The molecule has 5 nitrogen and oxygen atoms in total. The van der Waals surface area contributed by atoms with Gasteiger partial charge in [-0.05, 0) is 12.5 Å². The Morgan fingerprint density at radius 1 is 1.31 bits per heavy atom. The van der Waals surface area contributed by atoms with Crippen LogP contribution in [0.3, 0.4) is 0 Å². The zero-order chi connectivity index (χ0) is 18.4. The minimum atomic E-state index is -0.484.